The quantitative estimate of drug-likeness (QED) is 0.0496. The van der Waals surface area contributed by atoms with Gasteiger partial charge in [0.25, 0.3) is 0 Å². The Kier molecular flexibility index (Phi) is 15.1. The number of esters is 1. The summed E-state index contributed by atoms with van der Waals surface area (Å²) in [6, 6.07) is 46.6. The molecule has 0 saturated heterocycles. The van der Waals surface area contributed by atoms with Crippen LogP contribution in [0.3, 0.4) is 0 Å². The normalized spacial score (nSPS) is 11.4. The first-order valence-corrected chi connectivity index (χ1v) is 21.2. The molecule has 0 aliphatic carbocycles. The summed E-state index contributed by atoms with van der Waals surface area (Å²) in [5, 5.41) is 8.83. The Morgan fingerprint density at radius 1 is 0.438 bits per heavy atom. The van der Waals surface area contributed by atoms with Crippen molar-refractivity contribution in [1.82, 2.24) is 19.9 Å². The van der Waals surface area contributed by atoms with Gasteiger partial charge in [-0.15, -0.1) is 22.1 Å². The molecule has 8 bridgehead atoms. The Balaban J connectivity index is 0.00000306. The molecule has 9 rings (SSSR count). The molecular weight excluding hydrogens is 1000 g/mol. The number of nitrogens with zero attached hydrogens (tertiary/aromatic N) is 4. The van der Waals surface area contributed by atoms with Crippen molar-refractivity contribution in [3.8, 4) is 50.3 Å². The number of aromatic nitrogens is 4. The monoisotopic (exact) mass is 1040 g/mol. The van der Waals surface area contributed by atoms with E-state index in [1.807, 2.05) is 103 Å². The van der Waals surface area contributed by atoms with Crippen LogP contribution in [0.2, 0.25) is 0 Å². The van der Waals surface area contributed by atoms with Crippen molar-refractivity contribution < 1.29 is 54.2 Å². The van der Waals surface area contributed by atoms with Crippen LogP contribution < -0.4 is 27.1 Å². The van der Waals surface area contributed by atoms with Gasteiger partial charge in [-0.1, -0.05) is 153 Å². The van der Waals surface area contributed by atoms with Crippen LogP contribution in [0.5, 0.6) is 5.75 Å². The maximum atomic E-state index is 12.8. The van der Waals surface area contributed by atoms with Gasteiger partial charge >= 0.3 is 11.9 Å². The Hall–Kier alpha value is -6.55. The van der Waals surface area contributed by atoms with Crippen molar-refractivity contribution >= 4 is 58.3 Å². The van der Waals surface area contributed by atoms with E-state index in [0.717, 1.165) is 121 Å². The number of ether oxygens (including phenoxy) is 1. The molecule has 10 heteroatoms. The number of unbranched alkanes of at least 4 members (excludes halogenated alkanes) is 5. The predicted octanol–water partition coefficient (Wildman–Crippen LogP) is 9.69. The molecule has 2 aliphatic rings. The smallest absolute Gasteiger partial charge is 0.311 e. The van der Waals surface area contributed by atoms with E-state index in [0.29, 0.717) is 18.6 Å². The fourth-order valence-corrected chi connectivity index (χ4v) is 8.21. The second-order valence-corrected chi connectivity index (χ2v) is 15.5. The number of fused-ring (bicyclic) bond motifs is 8. The third-order valence-electron chi connectivity index (χ3n) is 11.2. The van der Waals surface area contributed by atoms with Gasteiger partial charge in [-0.05, 0) is 93.8 Å². The van der Waals surface area contributed by atoms with Crippen LogP contribution in [0.4, 0.5) is 0 Å². The van der Waals surface area contributed by atoms with Crippen LogP contribution in [-0.4, -0.2) is 27.0 Å². The number of hydrogen-bond donors (Lipinski definition) is 1. The molecule has 7 aromatic rings. The Morgan fingerprint density at radius 2 is 0.766 bits per heavy atom. The third kappa shape index (κ3) is 10.3. The average molecular weight is 1050 g/mol. The van der Waals surface area contributed by atoms with Crippen molar-refractivity contribution in [3.05, 3.63) is 162 Å². The molecule has 0 spiro atoms. The SMILES string of the molecule is O=C(O)CCCCCCCCC(=O)Oc1ccc(-c2c3nc(c(-c4ccccc4)c4ccc([n-]4)c(-c4ccccc4)c4nc(c(-c5ccccc5)c5ccc2[n-]5)C=C4)C=C3)cc1.[Au].[Cl-]. The first kappa shape index (κ1) is 45.5. The predicted molar refractivity (Wildman–Crippen MR) is 249 cm³/mol. The molecule has 325 valence electrons. The van der Waals surface area contributed by atoms with E-state index in [4.69, 9.17) is 29.8 Å². The van der Waals surface area contributed by atoms with Crippen LogP contribution in [0, 0.1) is 0 Å². The number of benzene rings is 4. The molecule has 8 nitrogen and oxygen atoms in total. The van der Waals surface area contributed by atoms with Crippen LogP contribution in [0.25, 0.3) is 90.9 Å². The van der Waals surface area contributed by atoms with E-state index >= 15 is 0 Å². The Bertz CT molecular complexity index is 2940. The summed E-state index contributed by atoms with van der Waals surface area (Å²) in [6.45, 7) is 0. The zero-order chi connectivity index (χ0) is 42.3. The van der Waals surface area contributed by atoms with Gasteiger partial charge in [-0.3, -0.25) is 9.59 Å². The van der Waals surface area contributed by atoms with Crippen molar-refractivity contribution in [3.63, 3.8) is 0 Å². The molecule has 0 atom stereocenters. The Labute approximate surface area is 394 Å². The van der Waals surface area contributed by atoms with Crippen LogP contribution in [0.15, 0.2) is 140 Å². The number of carbonyl (C=O) groups is 2. The fraction of sp³-hybridized carbons (Fsp3) is 0.148. The number of hydrogen-bond acceptors (Lipinski definition) is 5. The third-order valence-corrected chi connectivity index (χ3v) is 11.2. The zero-order valence-corrected chi connectivity index (χ0v) is 37.8. The van der Waals surface area contributed by atoms with Gasteiger partial charge in [0.15, 0.2) is 0 Å². The second kappa shape index (κ2) is 21.2. The minimum atomic E-state index is -0.756. The second-order valence-electron chi connectivity index (χ2n) is 15.5. The number of carbonyl (C=O) groups excluding carboxylic acids is 1. The van der Waals surface area contributed by atoms with E-state index in [2.05, 4.69) is 60.7 Å². The number of halogens is 1. The minimum Gasteiger partial charge on any atom is -1.00 e. The molecule has 1 N–H and O–H groups in total. The fourth-order valence-electron chi connectivity index (χ4n) is 8.21. The summed E-state index contributed by atoms with van der Waals surface area (Å²) in [6.07, 6.45) is 13.9. The molecule has 0 saturated carbocycles. The number of carboxylic acid groups (broad SMARTS) is 1. The number of rotatable bonds is 14. The van der Waals surface area contributed by atoms with E-state index < -0.39 is 5.97 Å². The molecule has 0 amide bonds. The molecule has 0 unspecified atom stereocenters. The van der Waals surface area contributed by atoms with Crippen molar-refractivity contribution in [2.24, 2.45) is 0 Å². The molecular formula is C54H44AuClN4O4-3. The molecule has 64 heavy (non-hydrogen) atoms. The summed E-state index contributed by atoms with van der Waals surface area (Å²) in [7, 11) is 0. The summed E-state index contributed by atoms with van der Waals surface area (Å²) in [4.78, 5) is 44.9. The minimum absolute atomic E-state index is 0. The van der Waals surface area contributed by atoms with Crippen LogP contribution >= 0.6 is 0 Å². The molecule has 1 radical (unpaired) electrons. The van der Waals surface area contributed by atoms with E-state index in [-0.39, 0.29) is 47.2 Å². The number of aliphatic carboxylic acids is 1. The maximum Gasteiger partial charge on any atom is 0.311 e. The van der Waals surface area contributed by atoms with Crippen molar-refractivity contribution in [2.75, 3.05) is 0 Å². The van der Waals surface area contributed by atoms with Crippen molar-refractivity contribution in [1.29, 1.82) is 0 Å². The molecule has 5 heterocycles. The molecule has 3 aromatic heterocycles. The van der Waals surface area contributed by atoms with E-state index in [1.165, 1.54) is 0 Å². The standard InChI is InChI=1S/C54H45N4O4.Au.ClH/c59-49(60)22-14-3-1-2-4-15-23-50(61)62-40-26-24-39(25-27-40)54-47-34-32-45(57-47)52(37-18-10-6-11-19-37)43-30-28-41(55-43)51(36-16-8-5-9-17-36)42-29-31-44(56-42)53(38-20-12-7-13-21-38)46-33-35-48(54)58-46;;/h5-13,16-21,24-35H,1-4,14-15,22-23H2,(H2-,55,56,57,58,59,60);;1H/q-1;;/p-2. The van der Waals surface area contributed by atoms with Crippen molar-refractivity contribution in [2.45, 2.75) is 51.4 Å². The van der Waals surface area contributed by atoms with Crippen LogP contribution in [-0.2, 0) is 32.0 Å². The zero-order valence-electron chi connectivity index (χ0n) is 34.9. The van der Waals surface area contributed by atoms with E-state index in [9.17, 15) is 9.59 Å². The summed E-state index contributed by atoms with van der Waals surface area (Å²) >= 11 is 0. The summed E-state index contributed by atoms with van der Waals surface area (Å²) in [5.41, 5.74) is 13.8. The largest absolute Gasteiger partial charge is 1.00 e. The van der Waals surface area contributed by atoms with Gasteiger partial charge in [0.2, 0.25) is 0 Å². The topological polar surface area (TPSA) is 118 Å². The molecule has 2 aliphatic heterocycles. The first-order valence-electron chi connectivity index (χ1n) is 21.2. The number of carboxylic acids is 1. The summed E-state index contributed by atoms with van der Waals surface area (Å²) < 4.78 is 5.77. The van der Waals surface area contributed by atoms with Crippen LogP contribution in [0.1, 0.15) is 74.1 Å². The van der Waals surface area contributed by atoms with Gasteiger partial charge in [-0.2, -0.15) is 0 Å². The maximum absolute atomic E-state index is 12.8. The van der Waals surface area contributed by atoms with Gasteiger partial charge in [0.1, 0.15) is 5.75 Å². The molecule has 4 aromatic carbocycles. The summed E-state index contributed by atoms with van der Waals surface area (Å²) in [5.74, 6) is -0.564. The first-order chi connectivity index (χ1) is 30.5. The van der Waals surface area contributed by atoms with Gasteiger partial charge in [0, 0.05) is 35.2 Å². The van der Waals surface area contributed by atoms with E-state index in [1.54, 1.807) is 0 Å². The van der Waals surface area contributed by atoms with Gasteiger partial charge in [0.05, 0.1) is 22.8 Å². The average Bonchev–Trinajstić information content (AvgIpc) is 4.15. The Morgan fingerprint density at radius 3 is 1.12 bits per heavy atom. The van der Waals surface area contributed by atoms with Gasteiger partial charge in [-0.25, -0.2) is 9.97 Å². The molecule has 0 fully saturated rings. The van der Waals surface area contributed by atoms with Gasteiger partial charge < -0.3 is 32.2 Å².